The molecule has 0 saturated carbocycles. The average Bonchev–Trinajstić information content (AvgIpc) is 2.44. The molecule has 2 atom stereocenters. The molecular weight excluding hydrogens is 168 g/mol. The summed E-state index contributed by atoms with van der Waals surface area (Å²) in [4.78, 5) is 13.3. The van der Waals surface area contributed by atoms with Gasteiger partial charge in [0.15, 0.2) is 0 Å². The lowest BCUT2D eigenvalue weighted by atomic mass is 10.2. The molecule has 1 heterocycles. The summed E-state index contributed by atoms with van der Waals surface area (Å²) >= 11 is 0. The monoisotopic (exact) mass is 186 g/mol. The number of likely N-dealkylation sites (tertiary alicyclic amines) is 1. The lowest BCUT2D eigenvalue weighted by Gasteiger charge is -2.24. The molecule has 0 bridgehead atoms. The van der Waals surface area contributed by atoms with E-state index in [1.165, 1.54) is 0 Å². The molecule has 0 spiro atoms. The van der Waals surface area contributed by atoms with Crippen LogP contribution in [-0.2, 0) is 9.53 Å². The van der Waals surface area contributed by atoms with Crippen LogP contribution in [0.1, 0.15) is 19.8 Å². The van der Waals surface area contributed by atoms with Crippen molar-refractivity contribution >= 4 is 5.91 Å². The molecule has 1 amide bonds. The van der Waals surface area contributed by atoms with Gasteiger partial charge in [-0.25, -0.2) is 0 Å². The highest BCUT2D eigenvalue weighted by atomic mass is 16.5. The number of hydrogen-bond donors (Lipinski definition) is 1. The molecule has 0 aromatic rings. The average molecular weight is 186 g/mol. The first kappa shape index (κ1) is 10.5. The van der Waals surface area contributed by atoms with E-state index in [1.54, 1.807) is 7.11 Å². The number of amides is 1. The summed E-state index contributed by atoms with van der Waals surface area (Å²) < 4.78 is 4.96. The highest BCUT2D eigenvalue weighted by Gasteiger charge is 2.31. The zero-order chi connectivity index (χ0) is 9.84. The normalized spacial score (nSPS) is 25.3. The van der Waals surface area contributed by atoms with Crippen molar-refractivity contribution in [2.75, 3.05) is 20.3 Å². The Morgan fingerprint density at radius 3 is 2.92 bits per heavy atom. The summed E-state index contributed by atoms with van der Waals surface area (Å²) in [6, 6.07) is -0.0222. The van der Waals surface area contributed by atoms with Crippen LogP contribution in [0.2, 0.25) is 0 Å². The summed E-state index contributed by atoms with van der Waals surface area (Å²) in [5.74, 6) is 0.0867. The quantitative estimate of drug-likeness (QED) is 0.671. The maximum absolute atomic E-state index is 11.5. The van der Waals surface area contributed by atoms with E-state index in [0.29, 0.717) is 6.61 Å². The van der Waals surface area contributed by atoms with Crippen molar-refractivity contribution in [1.29, 1.82) is 0 Å². The minimum Gasteiger partial charge on any atom is -0.385 e. The Bertz CT molecular complexity index is 184. The van der Waals surface area contributed by atoms with Crippen molar-refractivity contribution in [3.63, 3.8) is 0 Å². The van der Waals surface area contributed by atoms with Crippen molar-refractivity contribution in [3.05, 3.63) is 0 Å². The van der Waals surface area contributed by atoms with Crippen LogP contribution in [-0.4, -0.2) is 43.2 Å². The first-order chi connectivity index (χ1) is 6.16. The van der Waals surface area contributed by atoms with Crippen molar-refractivity contribution in [2.45, 2.75) is 31.8 Å². The predicted octanol–water partition coefficient (Wildman–Crippen LogP) is -0.0290. The van der Waals surface area contributed by atoms with Crippen LogP contribution in [0.15, 0.2) is 0 Å². The molecule has 0 aromatic carbocycles. The smallest absolute Gasteiger partial charge is 0.239 e. The molecule has 4 heteroatoms. The fourth-order valence-electron chi connectivity index (χ4n) is 1.61. The number of rotatable bonds is 4. The first-order valence-electron chi connectivity index (χ1n) is 4.71. The minimum atomic E-state index is -0.273. The molecule has 0 aliphatic carbocycles. The largest absolute Gasteiger partial charge is 0.385 e. The van der Waals surface area contributed by atoms with Crippen LogP contribution >= 0.6 is 0 Å². The number of ether oxygens (including phenoxy) is 1. The second kappa shape index (κ2) is 4.58. The predicted molar refractivity (Wildman–Crippen MR) is 50.3 cm³/mol. The molecule has 1 rings (SSSR count). The van der Waals surface area contributed by atoms with Crippen LogP contribution in [0.3, 0.4) is 0 Å². The summed E-state index contributed by atoms with van der Waals surface area (Å²) in [6.07, 6.45) is 1.67. The number of methoxy groups -OCH3 is 1. The van der Waals surface area contributed by atoms with E-state index in [4.69, 9.17) is 10.5 Å². The summed E-state index contributed by atoms with van der Waals surface area (Å²) in [6.45, 7) is 3.53. The van der Waals surface area contributed by atoms with Gasteiger partial charge >= 0.3 is 0 Å². The van der Waals surface area contributed by atoms with Gasteiger partial charge in [-0.2, -0.15) is 0 Å². The summed E-state index contributed by atoms with van der Waals surface area (Å²) in [7, 11) is 1.67. The Labute approximate surface area is 79.0 Å². The fourth-order valence-corrected chi connectivity index (χ4v) is 1.61. The summed E-state index contributed by atoms with van der Waals surface area (Å²) in [5.41, 5.74) is 5.61. The molecule has 1 saturated heterocycles. The molecule has 0 aromatic heterocycles. The highest BCUT2D eigenvalue weighted by molar-refractivity contribution is 5.83. The van der Waals surface area contributed by atoms with E-state index in [-0.39, 0.29) is 18.0 Å². The van der Waals surface area contributed by atoms with E-state index in [9.17, 15) is 4.79 Å². The standard InChI is InChI=1S/C9H18N2O2/c1-7(4-6-13-2)11-5-3-8(10)9(11)12/h7-8H,3-6,10H2,1-2H3. The molecule has 13 heavy (non-hydrogen) atoms. The van der Waals surface area contributed by atoms with E-state index in [2.05, 4.69) is 0 Å². The molecule has 1 aliphatic rings. The summed E-state index contributed by atoms with van der Waals surface area (Å²) in [5, 5.41) is 0. The number of carbonyl (C=O) groups is 1. The molecule has 2 N–H and O–H groups in total. The Hall–Kier alpha value is -0.610. The molecule has 76 valence electrons. The van der Waals surface area contributed by atoms with Crippen LogP contribution in [0.5, 0.6) is 0 Å². The van der Waals surface area contributed by atoms with Crippen molar-refractivity contribution < 1.29 is 9.53 Å². The maximum atomic E-state index is 11.5. The number of nitrogens with zero attached hydrogens (tertiary/aromatic N) is 1. The SMILES string of the molecule is COCCC(C)N1CCC(N)C1=O. The third kappa shape index (κ3) is 2.42. The molecular formula is C9H18N2O2. The van der Waals surface area contributed by atoms with Crippen molar-refractivity contribution in [1.82, 2.24) is 4.90 Å². The Morgan fingerprint density at radius 2 is 2.46 bits per heavy atom. The van der Waals surface area contributed by atoms with Crippen LogP contribution in [0, 0.1) is 0 Å². The van der Waals surface area contributed by atoms with E-state index in [0.717, 1.165) is 19.4 Å². The first-order valence-corrected chi connectivity index (χ1v) is 4.71. The van der Waals surface area contributed by atoms with Crippen LogP contribution in [0.25, 0.3) is 0 Å². The van der Waals surface area contributed by atoms with Gasteiger partial charge in [-0.15, -0.1) is 0 Å². The molecule has 1 fully saturated rings. The Kier molecular flexibility index (Phi) is 3.69. The Morgan fingerprint density at radius 1 is 1.77 bits per heavy atom. The van der Waals surface area contributed by atoms with Crippen molar-refractivity contribution in [3.8, 4) is 0 Å². The molecule has 1 aliphatic heterocycles. The molecule has 4 nitrogen and oxygen atoms in total. The second-order valence-corrected chi connectivity index (χ2v) is 3.56. The van der Waals surface area contributed by atoms with Gasteiger partial charge in [0.2, 0.25) is 5.91 Å². The number of nitrogens with two attached hydrogens (primary N) is 1. The zero-order valence-electron chi connectivity index (χ0n) is 8.32. The minimum absolute atomic E-state index is 0.0867. The Balaban J connectivity index is 2.39. The molecule has 2 unspecified atom stereocenters. The van der Waals surface area contributed by atoms with Gasteiger partial charge in [0.05, 0.1) is 6.04 Å². The van der Waals surface area contributed by atoms with Gasteiger partial charge in [-0.1, -0.05) is 0 Å². The van der Waals surface area contributed by atoms with Gasteiger partial charge < -0.3 is 15.4 Å². The lowest BCUT2D eigenvalue weighted by molar-refractivity contribution is -0.130. The molecule has 0 radical (unpaired) electrons. The van der Waals surface area contributed by atoms with E-state index in [1.807, 2.05) is 11.8 Å². The zero-order valence-corrected chi connectivity index (χ0v) is 8.32. The van der Waals surface area contributed by atoms with Gasteiger partial charge in [-0.05, 0) is 19.8 Å². The third-order valence-corrected chi connectivity index (χ3v) is 2.55. The van der Waals surface area contributed by atoms with E-state index >= 15 is 0 Å². The van der Waals surface area contributed by atoms with Gasteiger partial charge in [-0.3, -0.25) is 4.79 Å². The third-order valence-electron chi connectivity index (χ3n) is 2.55. The van der Waals surface area contributed by atoms with Gasteiger partial charge in [0, 0.05) is 26.3 Å². The van der Waals surface area contributed by atoms with Crippen molar-refractivity contribution in [2.24, 2.45) is 5.73 Å². The van der Waals surface area contributed by atoms with Crippen LogP contribution in [0.4, 0.5) is 0 Å². The second-order valence-electron chi connectivity index (χ2n) is 3.56. The maximum Gasteiger partial charge on any atom is 0.239 e. The number of hydrogen-bond acceptors (Lipinski definition) is 3. The topological polar surface area (TPSA) is 55.6 Å². The van der Waals surface area contributed by atoms with Gasteiger partial charge in [0.25, 0.3) is 0 Å². The fraction of sp³-hybridized carbons (Fsp3) is 0.889. The number of carbonyl (C=O) groups excluding carboxylic acids is 1. The highest BCUT2D eigenvalue weighted by Crippen LogP contribution is 2.14. The van der Waals surface area contributed by atoms with Gasteiger partial charge in [0.1, 0.15) is 0 Å². The van der Waals surface area contributed by atoms with E-state index < -0.39 is 0 Å². The van der Waals surface area contributed by atoms with Crippen LogP contribution < -0.4 is 5.73 Å². The lowest BCUT2D eigenvalue weighted by Crippen LogP contribution is -2.39.